The third kappa shape index (κ3) is 1.92. The summed E-state index contributed by atoms with van der Waals surface area (Å²) in [4.78, 5) is 0. The van der Waals surface area contributed by atoms with Gasteiger partial charge in [-0.1, -0.05) is 6.07 Å². The van der Waals surface area contributed by atoms with Gasteiger partial charge in [-0.15, -0.1) is 5.10 Å². The molecule has 5 nitrogen and oxygen atoms in total. The van der Waals surface area contributed by atoms with Gasteiger partial charge in [-0.05, 0) is 42.1 Å². The molecule has 6 heteroatoms. The molecule has 0 radical (unpaired) electrons. The summed E-state index contributed by atoms with van der Waals surface area (Å²) in [5, 5.41) is 14.2. The fourth-order valence-electron chi connectivity index (χ4n) is 1.39. The largest absolute Gasteiger partial charge is 0.313 e. The summed E-state index contributed by atoms with van der Waals surface area (Å²) in [6.45, 7) is 2.25. The van der Waals surface area contributed by atoms with Gasteiger partial charge in [0.15, 0.2) is 5.82 Å². The van der Waals surface area contributed by atoms with Crippen LogP contribution in [0.2, 0.25) is 0 Å². The van der Waals surface area contributed by atoms with Crippen LogP contribution in [0.5, 0.6) is 0 Å². The van der Waals surface area contributed by atoms with E-state index < -0.39 is 0 Å². The minimum absolute atomic E-state index is 0.261. The SMILES string of the molecule is CNCc1nnnn1-c1ccc(C)c(F)c1. The van der Waals surface area contributed by atoms with Crippen molar-refractivity contribution in [3.63, 3.8) is 0 Å². The monoisotopic (exact) mass is 221 g/mol. The lowest BCUT2D eigenvalue weighted by Crippen LogP contribution is -2.12. The molecule has 1 heterocycles. The second kappa shape index (κ2) is 4.36. The van der Waals surface area contributed by atoms with Gasteiger partial charge in [0, 0.05) is 0 Å². The zero-order chi connectivity index (χ0) is 11.5. The molecule has 0 amide bonds. The molecule has 0 atom stereocenters. The Balaban J connectivity index is 2.42. The van der Waals surface area contributed by atoms with Gasteiger partial charge in [0.2, 0.25) is 0 Å². The Morgan fingerprint density at radius 1 is 1.44 bits per heavy atom. The van der Waals surface area contributed by atoms with E-state index >= 15 is 0 Å². The lowest BCUT2D eigenvalue weighted by Gasteiger charge is -2.05. The Hall–Kier alpha value is -1.82. The van der Waals surface area contributed by atoms with Gasteiger partial charge in [0.05, 0.1) is 12.2 Å². The standard InChI is InChI=1S/C10H12FN5/c1-7-3-4-8(5-9(7)11)16-10(6-12-2)13-14-15-16/h3-5,12H,6H2,1-2H3. The average Bonchev–Trinajstić information content (AvgIpc) is 2.71. The molecule has 1 N–H and O–H groups in total. The third-order valence-electron chi connectivity index (χ3n) is 2.27. The molecule has 0 aliphatic rings. The smallest absolute Gasteiger partial charge is 0.170 e. The van der Waals surface area contributed by atoms with Crippen LogP contribution in [0.3, 0.4) is 0 Å². The number of hydrogen-bond acceptors (Lipinski definition) is 4. The first kappa shape index (κ1) is 10.7. The molecule has 0 aliphatic carbocycles. The Labute approximate surface area is 92.3 Å². The highest BCUT2D eigenvalue weighted by molar-refractivity contribution is 5.34. The quantitative estimate of drug-likeness (QED) is 0.834. The van der Waals surface area contributed by atoms with Crippen molar-refractivity contribution in [1.29, 1.82) is 0 Å². The van der Waals surface area contributed by atoms with Crippen LogP contribution in [0.15, 0.2) is 18.2 Å². The van der Waals surface area contributed by atoms with Crippen molar-refractivity contribution in [2.75, 3.05) is 7.05 Å². The Morgan fingerprint density at radius 3 is 2.94 bits per heavy atom. The summed E-state index contributed by atoms with van der Waals surface area (Å²) in [6.07, 6.45) is 0. The highest BCUT2D eigenvalue weighted by atomic mass is 19.1. The van der Waals surface area contributed by atoms with E-state index in [1.807, 2.05) is 0 Å². The van der Waals surface area contributed by atoms with E-state index in [1.165, 1.54) is 10.7 Å². The number of halogens is 1. The molecule has 0 unspecified atom stereocenters. The minimum Gasteiger partial charge on any atom is -0.313 e. The lowest BCUT2D eigenvalue weighted by molar-refractivity contribution is 0.614. The number of nitrogens with zero attached hydrogens (tertiary/aromatic N) is 4. The number of tetrazole rings is 1. The Bertz CT molecular complexity index is 494. The number of hydrogen-bond donors (Lipinski definition) is 1. The zero-order valence-corrected chi connectivity index (χ0v) is 9.11. The second-order valence-corrected chi connectivity index (χ2v) is 3.47. The highest BCUT2D eigenvalue weighted by Crippen LogP contribution is 2.13. The normalized spacial score (nSPS) is 10.7. The van der Waals surface area contributed by atoms with E-state index in [0.717, 1.165) is 0 Å². The second-order valence-electron chi connectivity index (χ2n) is 3.47. The van der Waals surface area contributed by atoms with Gasteiger partial charge in [-0.3, -0.25) is 0 Å². The average molecular weight is 221 g/mol. The molecule has 0 aliphatic heterocycles. The van der Waals surface area contributed by atoms with E-state index in [2.05, 4.69) is 20.8 Å². The summed E-state index contributed by atoms with van der Waals surface area (Å²) in [7, 11) is 1.80. The molecule has 0 spiro atoms. The molecule has 1 aromatic heterocycles. The molecule has 0 bridgehead atoms. The molecule has 0 saturated heterocycles. The van der Waals surface area contributed by atoms with Crippen LogP contribution in [-0.2, 0) is 6.54 Å². The summed E-state index contributed by atoms with van der Waals surface area (Å²) < 4.78 is 14.9. The molecule has 0 fully saturated rings. The fraction of sp³-hybridized carbons (Fsp3) is 0.300. The van der Waals surface area contributed by atoms with Crippen molar-refractivity contribution in [2.45, 2.75) is 13.5 Å². The molecule has 16 heavy (non-hydrogen) atoms. The molecule has 0 saturated carbocycles. The van der Waals surface area contributed by atoms with Crippen molar-refractivity contribution in [2.24, 2.45) is 0 Å². The zero-order valence-electron chi connectivity index (χ0n) is 9.11. The van der Waals surface area contributed by atoms with E-state index in [4.69, 9.17) is 0 Å². The van der Waals surface area contributed by atoms with Gasteiger partial charge in [-0.25, -0.2) is 4.39 Å². The van der Waals surface area contributed by atoms with Gasteiger partial charge in [0.25, 0.3) is 0 Å². The third-order valence-corrected chi connectivity index (χ3v) is 2.27. The van der Waals surface area contributed by atoms with Crippen LogP contribution in [0, 0.1) is 12.7 Å². The fourth-order valence-corrected chi connectivity index (χ4v) is 1.39. The van der Waals surface area contributed by atoms with Crippen LogP contribution in [0.1, 0.15) is 11.4 Å². The number of nitrogens with one attached hydrogen (secondary N) is 1. The van der Waals surface area contributed by atoms with Gasteiger partial charge in [-0.2, -0.15) is 4.68 Å². The first-order valence-corrected chi connectivity index (χ1v) is 4.90. The number of benzene rings is 1. The number of aryl methyl sites for hydroxylation is 1. The van der Waals surface area contributed by atoms with Crippen molar-refractivity contribution in [3.05, 3.63) is 35.4 Å². The van der Waals surface area contributed by atoms with Crippen molar-refractivity contribution in [3.8, 4) is 5.69 Å². The summed E-state index contributed by atoms with van der Waals surface area (Å²) in [5.41, 5.74) is 1.23. The number of rotatable bonds is 3. The maximum atomic E-state index is 13.4. The molecular formula is C10H12FN5. The van der Waals surface area contributed by atoms with Gasteiger partial charge < -0.3 is 5.32 Å². The van der Waals surface area contributed by atoms with E-state index in [0.29, 0.717) is 23.6 Å². The van der Waals surface area contributed by atoms with E-state index in [1.54, 1.807) is 26.1 Å². The predicted molar refractivity (Wildman–Crippen MR) is 56.6 cm³/mol. The summed E-state index contributed by atoms with van der Waals surface area (Å²) >= 11 is 0. The summed E-state index contributed by atoms with van der Waals surface area (Å²) in [6, 6.07) is 4.91. The van der Waals surface area contributed by atoms with Gasteiger partial charge >= 0.3 is 0 Å². The molecule has 2 aromatic rings. The maximum Gasteiger partial charge on any atom is 0.170 e. The van der Waals surface area contributed by atoms with Crippen LogP contribution in [0.25, 0.3) is 5.69 Å². The highest BCUT2D eigenvalue weighted by Gasteiger charge is 2.08. The lowest BCUT2D eigenvalue weighted by atomic mass is 10.2. The van der Waals surface area contributed by atoms with Crippen LogP contribution in [-0.4, -0.2) is 27.3 Å². The minimum atomic E-state index is -0.261. The van der Waals surface area contributed by atoms with Crippen molar-refractivity contribution >= 4 is 0 Å². The Morgan fingerprint density at radius 2 is 2.25 bits per heavy atom. The molecule has 84 valence electrons. The van der Waals surface area contributed by atoms with E-state index in [9.17, 15) is 4.39 Å². The number of aromatic nitrogens is 4. The van der Waals surface area contributed by atoms with Gasteiger partial charge in [0.1, 0.15) is 5.82 Å². The van der Waals surface area contributed by atoms with Crippen LogP contribution in [0.4, 0.5) is 4.39 Å². The maximum absolute atomic E-state index is 13.4. The molecular weight excluding hydrogens is 209 g/mol. The predicted octanol–water partition coefficient (Wildman–Crippen LogP) is 0.829. The first-order chi connectivity index (χ1) is 7.72. The molecule has 2 rings (SSSR count). The van der Waals surface area contributed by atoms with E-state index in [-0.39, 0.29) is 5.82 Å². The van der Waals surface area contributed by atoms with Crippen LogP contribution < -0.4 is 5.32 Å². The first-order valence-electron chi connectivity index (χ1n) is 4.90. The molecule has 1 aromatic carbocycles. The summed E-state index contributed by atoms with van der Waals surface area (Å²) in [5.74, 6) is 0.383. The van der Waals surface area contributed by atoms with Crippen molar-refractivity contribution < 1.29 is 4.39 Å². The van der Waals surface area contributed by atoms with Crippen molar-refractivity contribution in [1.82, 2.24) is 25.5 Å². The van der Waals surface area contributed by atoms with Crippen LogP contribution >= 0.6 is 0 Å². The topological polar surface area (TPSA) is 55.6 Å². The Kier molecular flexibility index (Phi) is 2.91.